The summed E-state index contributed by atoms with van der Waals surface area (Å²) in [5.41, 5.74) is 6.10. The molecule has 34 heavy (non-hydrogen) atoms. The van der Waals surface area contributed by atoms with E-state index < -0.39 is 0 Å². The molecule has 0 saturated heterocycles. The Morgan fingerprint density at radius 2 is 1.82 bits per heavy atom. The SMILES string of the molecule is COc1ccc2c(c1OC)C[N+]1(Cc3cccc(F)c3)CCc3cc4c(cc3C1C2)OCO4.[Br-]. The summed E-state index contributed by atoms with van der Waals surface area (Å²) in [6, 6.07) is 15.7. The molecule has 0 amide bonds. The third kappa shape index (κ3) is 3.62. The van der Waals surface area contributed by atoms with Crippen molar-refractivity contribution < 1.29 is 44.8 Å². The molecule has 6 rings (SSSR count). The first-order valence-corrected chi connectivity index (χ1v) is 11.4. The van der Waals surface area contributed by atoms with Gasteiger partial charge in [-0.05, 0) is 41.5 Å². The Balaban J connectivity index is 0.00000241. The Labute approximate surface area is 209 Å². The Kier molecular flexibility index (Phi) is 5.94. The summed E-state index contributed by atoms with van der Waals surface area (Å²) in [5.74, 6) is 3.01. The van der Waals surface area contributed by atoms with Gasteiger partial charge in [-0.3, -0.25) is 0 Å². The van der Waals surface area contributed by atoms with Gasteiger partial charge in [0.2, 0.25) is 6.79 Å². The number of hydrogen-bond acceptors (Lipinski definition) is 4. The summed E-state index contributed by atoms with van der Waals surface area (Å²) >= 11 is 0. The molecule has 3 aromatic rings. The molecule has 3 heterocycles. The molecular formula is C27H27BrFNO4. The van der Waals surface area contributed by atoms with Crippen molar-refractivity contribution in [2.75, 3.05) is 27.6 Å². The normalized spacial score (nSPS) is 21.6. The molecule has 3 aliphatic heterocycles. The van der Waals surface area contributed by atoms with Gasteiger partial charge in [0.25, 0.3) is 0 Å². The van der Waals surface area contributed by atoms with Crippen molar-refractivity contribution in [1.29, 1.82) is 0 Å². The van der Waals surface area contributed by atoms with Crippen LogP contribution in [0.15, 0.2) is 48.5 Å². The Morgan fingerprint density at radius 3 is 2.59 bits per heavy atom. The molecule has 0 N–H and O–H groups in total. The number of methoxy groups -OCH3 is 2. The van der Waals surface area contributed by atoms with Crippen LogP contribution in [0.2, 0.25) is 0 Å². The molecule has 0 aromatic heterocycles. The molecule has 7 heteroatoms. The molecule has 0 saturated carbocycles. The van der Waals surface area contributed by atoms with Gasteiger partial charge in [0, 0.05) is 24.0 Å². The largest absolute Gasteiger partial charge is 1.00 e. The first-order chi connectivity index (χ1) is 16.1. The smallest absolute Gasteiger partial charge is 0.231 e. The van der Waals surface area contributed by atoms with Crippen molar-refractivity contribution in [2.24, 2.45) is 0 Å². The molecule has 0 spiro atoms. The third-order valence-electron chi connectivity index (χ3n) is 7.50. The van der Waals surface area contributed by atoms with Crippen LogP contribution in [-0.4, -0.2) is 32.0 Å². The van der Waals surface area contributed by atoms with Gasteiger partial charge in [-0.15, -0.1) is 0 Å². The second-order valence-electron chi connectivity index (χ2n) is 9.20. The standard InChI is InChI=1S/C27H27FNO4.BrH/c1-30-24-7-6-18-11-23-21-13-26-25(32-16-33-26)12-19(21)8-9-29(23,15-22(18)27(24)31-2)14-17-4-3-5-20(28)10-17;/h3-7,10,12-13,23H,8-9,11,14-16H2,1-2H3;1H/q+1;/p-1. The molecule has 5 nitrogen and oxygen atoms in total. The van der Waals surface area contributed by atoms with Crippen LogP contribution in [-0.2, 0) is 25.9 Å². The lowest BCUT2D eigenvalue weighted by Gasteiger charge is -2.51. The number of hydrogen-bond donors (Lipinski definition) is 0. The van der Waals surface area contributed by atoms with Gasteiger partial charge in [-0.1, -0.05) is 18.2 Å². The van der Waals surface area contributed by atoms with Crippen LogP contribution in [0.5, 0.6) is 23.0 Å². The minimum atomic E-state index is -0.195. The first-order valence-electron chi connectivity index (χ1n) is 11.4. The highest BCUT2D eigenvalue weighted by molar-refractivity contribution is 5.54. The topological polar surface area (TPSA) is 36.9 Å². The number of halogens is 2. The summed E-state index contributed by atoms with van der Waals surface area (Å²) in [6.07, 6.45) is 1.80. The van der Waals surface area contributed by atoms with Crippen LogP contribution in [0.25, 0.3) is 0 Å². The first kappa shape index (κ1) is 23.0. The summed E-state index contributed by atoms with van der Waals surface area (Å²) in [4.78, 5) is 0. The molecule has 3 aliphatic rings. The zero-order valence-corrected chi connectivity index (χ0v) is 20.9. The van der Waals surface area contributed by atoms with E-state index in [-0.39, 0.29) is 35.6 Å². The van der Waals surface area contributed by atoms with Gasteiger partial charge >= 0.3 is 0 Å². The van der Waals surface area contributed by atoms with E-state index in [0.717, 1.165) is 65.5 Å². The van der Waals surface area contributed by atoms with Crippen molar-refractivity contribution in [3.8, 4) is 23.0 Å². The monoisotopic (exact) mass is 527 g/mol. The van der Waals surface area contributed by atoms with Crippen LogP contribution in [0, 0.1) is 5.82 Å². The average Bonchev–Trinajstić information content (AvgIpc) is 3.28. The Hall–Kier alpha value is -2.77. The van der Waals surface area contributed by atoms with Crippen LogP contribution in [0.4, 0.5) is 4.39 Å². The quantitative estimate of drug-likeness (QED) is 0.486. The third-order valence-corrected chi connectivity index (χ3v) is 7.50. The van der Waals surface area contributed by atoms with Gasteiger partial charge in [0.1, 0.15) is 24.9 Å². The molecule has 0 bridgehead atoms. The minimum absolute atomic E-state index is 0. The second kappa shape index (κ2) is 8.78. The Morgan fingerprint density at radius 1 is 1.00 bits per heavy atom. The van der Waals surface area contributed by atoms with E-state index >= 15 is 0 Å². The van der Waals surface area contributed by atoms with E-state index in [4.69, 9.17) is 18.9 Å². The van der Waals surface area contributed by atoms with Crippen molar-refractivity contribution in [1.82, 2.24) is 0 Å². The maximum atomic E-state index is 14.1. The second-order valence-corrected chi connectivity index (χ2v) is 9.20. The van der Waals surface area contributed by atoms with Gasteiger partial charge < -0.3 is 40.4 Å². The molecular weight excluding hydrogens is 501 g/mol. The van der Waals surface area contributed by atoms with E-state index in [9.17, 15) is 4.39 Å². The molecule has 2 atom stereocenters. The molecule has 178 valence electrons. The number of quaternary nitrogens is 1. The number of benzene rings is 3. The minimum Gasteiger partial charge on any atom is -1.00 e. The number of rotatable bonds is 4. The van der Waals surface area contributed by atoms with Crippen LogP contribution < -0.4 is 35.9 Å². The van der Waals surface area contributed by atoms with E-state index in [2.05, 4.69) is 18.2 Å². The number of fused-ring (bicyclic) bond motifs is 5. The van der Waals surface area contributed by atoms with Crippen molar-refractivity contribution in [3.63, 3.8) is 0 Å². The van der Waals surface area contributed by atoms with Gasteiger partial charge in [-0.25, -0.2) is 4.39 Å². The molecule has 3 aromatic carbocycles. The predicted octanol–water partition coefficient (Wildman–Crippen LogP) is 1.95. The van der Waals surface area contributed by atoms with Crippen LogP contribution in [0.3, 0.4) is 0 Å². The predicted molar refractivity (Wildman–Crippen MR) is 121 cm³/mol. The highest BCUT2D eigenvalue weighted by Crippen LogP contribution is 2.51. The number of nitrogens with zero attached hydrogens (tertiary/aromatic N) is 1. The summed E-state index contributed by atoms with van der Waals surface area (Å²) in [5, 5.41) is 0. The molecule has 0 radical (unpaired) electrons. The van der Waals surface area contributed by atoms with Gasteiger partial charge in [-0.2, -0.15) is 0 Å². The molecule has 0 fully saturated rings. The van der Waals surface area contributed by atoms with Gasteiger partial charge in [0.05, 0.1) is 26.3 Å². The van der Waals surface area contributed by atoms with E-state index in [1.165, 1.54) is 28.3 Å². The maximum absolute atomic E-state index is 14.1. The molecule has 0 aliphatic carbocycles. The highest BCUT2D eigenvalue weighted by Gasteiger charge is 2.47. The highest BCUT2D eigenvalue weighted by atomic mass is 79.9. The van der Waals surface area contributed by atoms with Gasteiger partial charge in [0.15, 0.2) is 23.0 Å². The van der Waals surface area contributed by atoms with Crippen LogP contribution >= 0.6 is 0 Å². The summed E-state index contributed by atoms with van der Waals surface area (Å²) in [7, 11) is 3.38. The summed E-state index contributed by atoms with van der Waals surface area (Å²) in [6.45, 7) is 2.76. The molecule has 2 unspecified atom stereocenters. The van der Waals surface area contributed by atoms with Crippen molar-refractivity contribution in [2.45, 2.75) is 32.0 Å². The maximum Gasteiger partial charge on any atom is 0.231 e. The van der Waals surface area contributed by atoms with Crippen molar-refractivity contribution in [3.05, 3.63) is 82.2 Å². The van der Waals surface area contributed by atoms with E-state index in [1.807, 2.05) is 12.1 Å². The fraction of sp³-hybridized carbons (Fsp3) is 0.333. The lowest BCUT2D eigenvalue weighted by Crippen LogP contribution is -3.00. The zero-order valence-electron chi connectivity index (χ0n) is 19.3. The lowest BCUT2D eigenvalue weighted by atomic mass is 9.80. The van der Waals surface area contributed by atoms with Crippen molar-refractivity contribution >= 4 is 0 Å². The average molecular weight is 528 g/mol. The van der Waals surface area contributed by atoms with E-state index in [1.54, 1.807) is 26.4 Å². The van der Waals surface area contributed by atoms with E-state index in [0.29, 0.717) is 0 Å². The Bertz CT molecular complexity index is 1250. The zero-order chi connectivity index (χ0) is 22.6. The number of ether oxygens (including phenoxy) is 4. The van der Waals surface area contributed by atoms with Crippen LogP contribution in [0.1, 0.15) is 33.9 Å². The summed E-state index contributed by atoms with van der Waals surface area (Å²) < 4.78 is 37.7. The lowest BCUT2D eigenvalue weighted by molar-refractivity contribution is -0.985. The fourth-order valence-corrected chi connectivity index (χ4v) is 5.98. The fourth-order valence-electron chi connectivity index (χ4n) is 5.98.